The van der Waals surface area contributed by atoms with Gasteiger partial charge in [0.25, 0.3) is 0 Å². The number of aryl methyl sites for hydroxylation is 1. The second kappa shape index (κ2) is 5.10. The van der Waals surface area contributed by atoms with Crippen LogP contribution in [0, 0.1) is 12.3 Å². The predicted molar refractivity (Wildman–Crippen MR) is 83.7 cm³/mol. The molecule has 1 aromatic rings. The Morgan fingerprint density at radius 3 is 2.68 bits per heavy atom. The van der Waals surface area contributed by atoms with Crippen LogP contribution in [0.25, 0.3) is 0 Å². The van der Waals surface area contributed by atoms with Crippen molar-refractivity contribution in [2.75, 3.05) is 12.4 Å². The van der Waals surface area contributed by atoms with E-state index in [0.717, 1.165) is 23.2 Å². The first-order valence-electron chi connectivity index (χ1n) is 6.56. The van der Waals surface area contributed by atoms with Crippen molar-refractivity contribution < 1.29 is 4.74 Å². The van der Waals surface area contributed by atoms with Gasteiger partial charge in [0.2, 0.25) is 0 Å². The molecular weight excluding hydrogens is 256 g/mol. The van der Waals surface area contributed by atoms with Crippen molar-refractivity contribution in [3.05, 3.63) is 29.3 Å². The number of hydrogen-bond acceptors (Lipinski definition) is 3. The molecule has 1 aliphatic rings. The monoisotopic (exact) mass is 278 g/mol. The van der Waals surface area contributed by atoms with Crippen LogP contribution in [0.4, 0.5) is 5.69 Å². The predicted octanol–water partition coefficient (Wildman–Crippen LogP) is 2.85. The minimum atomic E-state index is 0.118. The van der Waals surface area contributed by atoms with Gasteiger partial charge in [0, 0.05) is 29.8 Å². The zero-order valence-electron chi connectivity index (χ0n) is 12.0. The number of benzene rings is 1. The maximum absolute atomic E-state index is 5.81. The Hall–Kier alpha value is -1.13. The van der Waals surface area contributed by atoms with Crippen molar-refractivity contribution in [1.29, 1.82) is 0 Å². The molecule has 0 saturated heterocycles. The van der Waals surface area contributed by atoms with E-state index in [0.29, 0.717) is 17.1 Å². The van der Waals surface area contributed by atoms with E-state index >= 15 is 0 Å². The highest BCUT2D eigenvalue weighted by Crippen LogP contribution is 2.44. The van der Waals surface area contributed by atoms with Crippen LogP contribution in [0.2, 0.25) is 0 Å². The van der Waals surface area contributed by atoms with Crippen LogP contribution in [0.5, 0.6) is 0 Å². The van der Waals surface area contributed by atoms with Crippen molar-refractivity contribution >= 4 is 22.9 Å². The number of nitrogens with one attached hydrogen (secondary N) is 1. The summed E-state index contributed by atoms with van der Waals surface area (Å²) in [6, 6.07) is 6.54. The SMILES string of the molecule is COC1CC(Nc2ccc(C)cc2C(N)=S)C1(C)C. The first kappa shape index (κ1) is 14.3. The second-order valence-electron chi connectivity index (χ2n) is 5.89. The highest BCUT2D eigenvalue weighted by atomic mass is 32.1. The summed E-state index contributed by atoms with van der Waals surface area (Å²) in [5.74, 6) is 0. The van der Waals surface area contributed by atoms with Crippen molar-refractivity contribution in [3.8, 4) is 0 Å². The fraction of sp³-hybridized carbons (Fsp3) is 0.533. The van der Waals surface area contributed by atoms with E-state index in [-0.39, 0.29) is 5.41 Å². The number of hydrogen-bond donors (Lipinski definition) is 2. The van der Waals surface area contributed by atoms with Crippen LogP contribution in [-0.4, -0.2) is 24.2 Å². The molecule has 4 heteroatoms. The first-order valence-corrected chi connectivity index (χ1v) is 6.97. The molecule has 3 N–H and O–H groups in total. The Labute approximate surface area is 120 Å². The Bertz CT molecular complexity index is 499. The Morgan fingerprint density at radius 1 is 1.47 bits per heavy atom. The van der Waals surface area contributed by atoms with Gasteiger partial charge in [-0.25, -0.2) is 0 Å². The van der Waals surface area contributed by atoms with Crippen LogP contribution in [-0.2, 0) is 4.74 Å². The fourth-order valence-electron chi connectivity index (χ4n) is 2.71. The molecule has 0 aromatic heterocycles. The van der Waals surface area contributed by atoms with E-state index in [1.54, 1.807) is 7.11 Å². The quantitative estimate of drug-likeness (QED) is 0.831. The van der Waals surface area contributed by atoms with Crippen LogP contribution >= 0.6 is 12.2 Å². The van der Waals surface area contributed by atoms with Crippen molar-refractivity contribution in [2.24, 2.45) is 11.1 Å². The van der Waals surface area contributed by atoms with E-state index in [9.17, 15) is 0 Å². The lowest BCUT2D eigenvalue weighted by Gasteiger charge is -2.51. The number of methoxy groups -OCH3 is 1. The topological polar surface area (TPSA) is 47.3 Å². The smallest absolute Gasteiger partial charge is 0.106 e. The molecule has 0 bridgehead atoms. The van der Waals surface area contributed by atoms with Gasteiger partial charge in [-0.05, 0) is 25.5 Å². The molecule has 1 saturated carbocycles. The molecule has 2 atom stereocenters. The van der Waals surface area contributed by atoms with Gasteiger partial charge in [0.05, 0.1) is 6.10 Å². The molecule has 2 unspecified atom stereocenters. The van der Waals surface area contributed by atoms with Crippen LogP contribution in [0.1, 0.15) is 31.4 Å². The van der Waals surface area contributed by atoms with Gasteiger partial charge >= 0.3 is 0 Å². The maximum atomic E-state index is 5.81. The molecule has 3 nitrogen and oxygen atoms in total. The Morgan fingerprint density at radius 2 is 2.16 bits per heavy atom. The molecule has 0 amide bonds. The summed E-state index contributed by atoms with van der Waals surface area (Å²) in [5.41, 5.74) is 9.03. The number of ether oxygens (including phenoxy) is 1. The third-order valence-corrected chi connectivity index (χ3v) is 4.45. The molecular formula is C15H22N2OS. The fourth-order valence-corrected chi connectivity index (χ4v) is 2.87. The van der Waals surface area contributed by atoms with Gasteiger partial charge in [0.15, 0.2) is 0 Å². The molecule has 104 valence electrons. The average Bonchev–Trinajstić information content (AvgIpc) is 2.35. The largest absolute Gasteiger partial charge is 0.389 e. The van der Waals surface area contributed by atoms with Gasteiger partial charge in [-0.3, -0.25) is 0 Å². The van der Waals surface area contributed by atoms with E-state index in [2.05, 4.69) is 31.3 Å². The Kier molecular flexibility index (Phi) is 3.83. The average molecular weight is 278 g/mol. The highest BCUT2D eigenvalue weighted by Gasteiger charge is 2.48. The minimum Gasteiger partial charge on any atom is -0.389 e. The van der Waals surface area contributed by atoms with Gasteiger partial charge < -0.3 is 15.8 Å². The number of nitrogens with two attached hydrogens (primary N) is 1. The van der Waals surface area contributed by atoms with Crippen molar-refractivity contribution in [3.63, 3.8) is 0 Å². The van der Waals surface area contributed by atoms with Crippen LogP contribution in [0.15, 0.2) is 18.2 Å². The summed E-state index contributed by atoms with van der Waals surface area (Å²) in [5, 5.41) is 3.56. The van der Waals surface area contributed by atoms with Crippen LogP contribution < -0.4 is 11.1 Å². The van der Waals surface area contributed by atoms with E-state index in [4.69, 9.17) is 22.7 Å². The Balaban J connectivity index is 2.19. The molecule has 0 aliphatic heterocycles. The van der Waals surface area contributed by atoms with Gasteiger partial charge in [-0.2, -0.15) is 0 Å². The molecule has 1 aliphatic carbocycles. The third-order valence-electron chi connectivity index (χ3n) is 4.23. The zero-order valence-corrected chi connectivity index (χ0v) is 12.8. The maximum Gasteiger partial charge on any atom is 0.106 e. The van der Waals surface area contributed by atoms with E-state index < -0.39 is 0 Å². The molecule has 1 aromatic carbocycles. The molecule has 0 radical (unpaired) electrons. The molecule has 0 spiro atoms. The summed E-state index contributed by atoms with van der Waals surface area (Å²) in [6.45, 7) is 6.48. The number of thiocarbonyl (C=S) groups is 1. The third kappa shape index (κ3) is 2.60. The lowest BCUT2D eigenvalue weighted by molar-refractivity contribution is -0.0794. The van der Waals surface area contributed by atoms with E-state index in [1.807, 2.05) is 13.0 Å². The van der Waals surface area contributed by atoms with Crippen molar-refractivity contribution in [2.45, 2.75) is 39.3 Å². The second-order valence-corrected chi connectivity index (χ2v) is 6.33. The van der Waals surface area contributed by atoms with Crippen LogP contribution in [0.3, 0.4) is 0 Å². The number of anilines is 1. The van der Waals surface area contributed by atoms with Gasteiger partial charge in [-0.15, -0.1) is 0 Å². The molecule has 1 fully saturated rings. The lowest BCUT2D eigenvalue weighted by atomic mass is 9.64. The van der Waals surface area contributed by atoms with E-state index in [1.165, 1.54) is 0 Å². The molecule has 2 rings (SSSR count). The highest BCUT2D eigenvalue weighted by molar-refractivity contribution is 7.80. The van der Waals surface area contributed by atoms with Gasteiger partial charge in [-0.1, -0.05) is 37.7 Å². The van der Waals surface area contributed by atoms with Gasteiger partial charge in [0.1, 0.15) is 4.99 Å². The summed E-state index contributed by atoms with van der Waals surface area (Å²) in [7, 11) is 1.77. The first-order chi connectivity index (χ1) is 8.86. The molecule has 19 heavy (non-hydrogen) atoms. The summed E-state index contributed by atoms with van der Waals surface area (Å²) < 4.78 is 5.48. The number of rotatable bonds is 4. The summed E-state index contributed by atoms with van der Waals surface area (Å²) >= 11 is 5.13. The zero-order chi connectivity index (χ0) is 14.2. The normalized spacial score (nSPS) is 24.6. The molecule has 0 heterocycles. The minimum absolute atomic E-state index is 0.118. The standard InChI is InChI=1S/C15H22N2OS/c1-9-5-6-11(10(7-9)14(16)19)17-12-8-13(18-4)15(12,2)3/h5-7,12-13,17H,8H2,1-4H3,(H2,16,19). The summed E-state index contributed by atoms with van der Waals surface area (Å²) in [4.78, 5) is 0.437. The lowest BCUT2D eigenvalue weighted by Crippen LogP contribution is -2.57. The van der Waals surface area contributed by atoms with Crippen molar-refractivity contribution in [1.82, 2.24) is 0 Å². The summed E-state index contributed by atoms with van der Waals surface area (Å²) in [6.07, 6.45) is 1.32.